The summed E-state index contributed by atoms with van der Waals surface area (Å²) >= 11 is 0. The molecule has 2 nitrogen and oxygen atoms in total. The van der Waals surface area contributed by atoms with E-state index in [0.717, 1.165) is 67.8 Å². The van der Waals surface area contributed by atoms with E-state index in [2.05, 4.69) is 133 Å². The van der Waals surface area contributed by atoms with Gasteiger partial charge in [-0.1, -0.05) is 133 Å². The molecule has 0 unspecified atom stereocenters. The van der Waals surface area contributed by atoms with Gasteiger partial charge in [0.25, 0.3) is 0 Å². The van der Waals surface area contributed by atoms with Crippen LogP contribution in [0.5, 0.6) is 0 Å². The Labute approximate surface area is 288 Å². The van der Waals surface area contributed by atoms with E-state index in [-0.39, 0.29) is 0 Å². The van der Waals surface area contributed by atoms with E-state index >= 15 is 0 Å². The second-order valence-corrected chi connectivity index (χ2v) is 13.4. The summed E-state index contributed by atoms with van der Waals surface area (Å²) in [6.45, 7) is 0. The monoisotopic (exact) mass is 638 g/mol. The first-order valence-electron chi connectivity index (χ1n) is 17.4. The number of hydrogen-bond donors (Lipinski definition) is 0. The quantitative estimate of drug-likeness (QED) is 0.180. The molecule has 2 heteroatoms. The van der Waals surface area contributed by atoms with E-state index in [4.69, 9.17) is 8.83 Å². The highest BCUT2D eigenvalue weighted by molar-refractivity contribution is 6.25. The van der Waals surface area contributed by atoms with Gasteiger partial charge in [-0.3, -0.25) is 0 Å². The summed E-state index contributed by atoms with van der Waals surface area (Å²) in [4.78, 5) is 0. The first kappa shape index (κ1) is 27.6. The third-order valence-corrected chi connectivity index (χ3v) is 10.7. The molecule has 1 aliphatic carbocycles. The molecule has 0 bridgehead atoms. The molecule has 0 atom stereocenters. The van der Waals surface area contributed by atoms with E-state index in [1.165, 1.54) is 54.9 Å². The van der Waals surface area contributed by atoms with Gasteiger partial charge in [0.2, 0.25) is 0 Å². The first-order valence-corrected chi connectivity index (χ1v) is 17.4. The summed E-state index contributed by atoms with van der Waals surface area (Å²) in [6, 6.07) is 54.7. The number of para-hydroxylation sites is 2. The summed E-state index contributed by atoms with van der Waals surface area (Å²) < 4.78 is 13.2. The van der Waals surface area contributed by atoms with E-state index in [1.54, 1.807) is 0 Å². The van der Waals surface area contributed by atoms with E-state index in [9.17, 15) is 0 Å². The van der Waals surface area contributed by atoms with Crippen LogP contribution in [0.3, 0.4) is 0 Å². The van der Waals surface area contributed by atoms with Crippen LogP contribution in [0.25, 0.3) is 93.2 Å². The van der Waals surface area contributed by atoms with Crippen LogP contribution in [0, 0.1) is 0 Å². The zero-order valence-corrected chi connectivity index (χ0v) is 27.2. The molecular weight excluding hydrogens is 609 g/mol. The highest BCUT2D eigenvalue weighted by Gasteiger charge is 2.23. The molecule has 0 aliphatic heterocycles. The highest BCUT2D eigenvalue weighted by Crippen LogP contribution is 2.47. The minimum atomic E-state index is 0.850. The lowest BCUT2D eigenvalue weighted by molar-refractivity contribution is 0.663. The Morgan fingerprint density at radius 2 is 0.980 bits per heavy atom. The lowest BCUT2D eigenvalue weighted by atomic mass is 9.80. The van der Waals surface area contributed by atoms with Crippen molar-refractivity contribution in [3.63, 3.8) is 0 Å². The van der Waals surface area contributed by atoms with Gasteiger partial charge in [-0.2, -0.15) is 0 Å². The van der Waals surface area contributed by atoms with Gasteiger partial charge in [0.15, 0.2) is 0 Å². The van der Waals surface area contributed by atoms with Crippen molar-refractivity contribution in [1.29, 1.82) is 0 Å². The Morgan fingerprint density at radius 1 is 0.400 bits per heavy atom. The summed E-state index contributed by atoms with van der Waals surface area (Å²) in [6.07, 6.45) is 4.58. The Bertz CT molecular complexity index is 2980. The molecule has 10 aromatic rings. The fourth-order valence-electron chi connectivity index (χ4n) is 8.57. The fourth-order valence-corrected chi connectivity index (χ4v) is 8.57. The highest BCUT2D eigenvalue weighted by atomic mass is 16.3. The third kappa shape index (κ3) is 3.90. The van der Waals surface area contributed by atoms with Crippen molar-refractivity contribution < 1.29 is 8.83 Å². The van der Waals surface area contributed by atoms with Crippen LogP contribution in [0.1, 0.15) is 23.1 Å². The average Bonchev–Trinajstić information content (AvgIpc) is 3.75. The summed E-state index contributed by atoms with van der Waals surface area (Å²) in [7, 11) is 0. The molecule has 11 rings (SSSR count). The molecule has 0 N–H and O–H groups in total. The van der Waals surface area contributed by atoms with Crippen molar-refractivity contribution in [2.24, 2.45) is 0 Å². The zero-order chi connectivity index (χ0) is 32.8. The number of furan rings is 2. The molecule has 2 heterocycles. The molecule has 50 heavy (non-hydrogen) atoms. The lowest BCUT2D eigenvalue weighted by Gasteiger charge is -2.23. The Kier molecular flexibility index (Phi) is 5.82. The Morgan fingerprint density at radius 3 is 1.74 bits per heavy atom. The number of aryl methyl sites for hydroxylation is 1. The van der Waals surface area contributed by atoms with Crippen molar-refractivity contribution in [2.75, 3.05) is 0 Å². The summed E-state index contributed by atoms with van der Waals surface area (Å²) in [5.74, 6) is 0. The SMILES string of the molecule is C1=C(c2c3ccccc3c(-c3cccc(-c4cc5c6ccccc6oc5c5c4oc4ccccc45)c3)c3ccccc23)c2ccccc2CC1. The topological polar surface area (TPSA) is 26.3 Å². The van der Waals surface area contributed by atoms with E-state index in [1.807, 2.05) is 24.3 Å². The maximum Gasteiger partial charge on any atom is 0.147 e. The normalized spacial score (nSPS) is 13.2. The molecule has 8 aromatic carbocycles. The third-order valence-electron chi connectivity index (χ3n) is 10.7. The van der Waals surface area contributed by atoms with Crippen LogP contribution in [-0.4, -0.2) is 0 Å². The molecule has 0 spiro atoms. The van der Waals surface area contributed by atoms with Gasteiger partial charge in [-0.05, 0) is 97.6 Å². The number of benzene rings is 8. The van der Waals surface area contributed by atoms with Gasteiger partial charge in [0.05, 0.1) is 5.39 Å². The van der Waals surface area contributed by atoms with Crippen molar-refractivity contribution >= 4 is 71.0 Å². The number of hydrogen-bond acceptors (Lipinski definition) is 2. The molecule has 234 valence electrons. The van der Waals surface area contributed by atoms with Crippen molar-refractivity contribution in [2.45, 2.75) is 12.8 Å². The fraction of sp³-hybridized carbons (Fsp3) is 0.0417. The predicted octanol–water partition coefficient (Wildman–Crippen LogP) is 13.5. The molecule has 0 amide bonds. The smallest absolute Gasteiger partial charge is 0.147 e. The second-order valence-electron chi connectivity index (χ2n) is 13.4. The lowest BCUT2D eigenvalue weighted by Crippen LogP contribution is -2.02. The summed E-state index contributed by atoms with van der Waals surface area (Å²) in [5, 5.41) is 9.37. The Hall–Kier alpha value is -6.38. The van der Waals surface area contributed by atoms with E-state index in [0.29, 0.717) is 0 Å². The summed E-state index contributed by atoms with van der Waals surface area (Å²) in [5.41, 5.74) is 13.5. The van der Waals surface area contributed by atoms with Gasteiger partial charge >= 0.3 is 0 Å². The van der Waals surface area contributed by atoms with Crippen LogP contribution >= 0.6 is 0 Å². The van der Waals surface area contributed by atoms with Gasteiger partial charge in [0, 0.05) is 21.7 Å². The maximum atomic E-state index is 6.67. The van der Waals surface area contributed by atoms with Crippen LogP contribution in [0.2, 0.25) is 0 Å². The van der Waals surface area contributed by atoms with Crippen LogP contribution < -0.4 is 0 Å². The largest absolute Gasteiger partial charge is 0.455 e. The molecule has 0 radical (unpaired) electrons. The van der Waals surface area contributed by atoms with Gasteiger partial charge < -0.3 is 8.83 Å². The predicted molar refractivity (Wildman–Crippen MR) is 209 cm³/mol. The number of fused-ring (bicyclic) bond motifs is 10. The first-order chi connectivity index (χ1) is 24.8. The Balaban J connectivity index is 1.20. The molecular formula is C48H30O2. The van der Waals surface area contributed by atoms with Crippen LogP contribution in [-0.2, 0) is 6.42 Å². The molecule has 2 aromatic heterocycles. The number of rotatable bonds is 3. The maximum absolute atomic E-state index is 6.67. The molecule has 0 saturated carbocycles. The zero-order valence-electron chi connectivity index (χ0n) is 27.2. The van der Waals surface area contributed by atoms with Gasteiger partial charge in [-0.25, -0.2) is 0 Å². The van der Waals surface area contributed by atoms with Crippen molar-refractivity contribution in [3.8, 4) is 22.3 Å². The standard InChI is InChI=1S/C48H30O2/c1-2-17-32-29(13-1)14-12-24-34(32)45-37-21-5-3-19-35(37)44(36-20-4-6-22-38(36)45)31-16-11-15-30(27-31)40-28-41-33-18-7-9-25-42(33)49-48(41)46-39-23-8-10-26-43(39)50-47(40)46/h1-11,13,15-28H,12,14H2. The molecule has 1 aliphatic rings. The van der Waals surface area contributed by atoms with Crippen molar-refractivity contribution in [1.82, 2.24) is 0 Å². The minimum Gasteiger partial charge on any atom is -0.455 e. The second kappa shape index (κ2) is 10.6. The number of allylic oxidation sites excluding steroid dienone is 1. The van der Waals surface area contributed by atoms with Crippen LogP contribution in [0.4, 0.5) is 0 Å². The average molecular weight is 639 g/mol. The van der Waals surface area contributed by atoms with Crippen molar-refractivity contribution in [3.05, 3.63) is 174 Å². The molecule has 0 fully saturated rings. The van der Waals surface area contributed by atoms with Gasteiger partial charge in [-0.15, -0.1) is 0 Å². The molecule has 0 saturated heterocycles. The van der Waals surface area contributed by atoms with Crippen LogP contribution in [0.15, 0.2) is 167 Å². The van der Waals surface area contributed by atoms with Gasteiger partial charge in [0.1, 0.15) is 22.3 Å². The van der Waals surface area contributed by atoms with E-state index < -0.39 is 0 Å². The minimum absolute atomic E-state index is 0.850.